The van der Waals surface area contributed by atoms with Crippen LogP contribution in [0.25, 0.3) is 5.69 Å². The standard InChI is InChI=1S/C12H11N3O2/c16-11-8-10-13-6-7-14(10)12(17)15(11)9-4-2-1-3-5-9/h1-5,8,13H,6-7H2. The van der Waals surface area contributed by atoms with E-state index in [9.17, 15) is 9.59 Å². The van der Waals surface area contributed by atoms with E-state index in [1.54, 1.807) is 28.8 Å². The lowest BCUT2D eigenvalue weighted by molar-refractivity contribution is 0.698. The largest absolute Gasteiger partial charge is 0.369 e. The van der Waals surface area contributed by atoms with Crippen LogP contribution in [0, 0.1) is 0 Å². The number of nitrogens with one attached hydrogen (secondary N) is 1. The smallest absolute Gasteiger partial charge is 0.337 e. The Morgan fingerprint density at radius 3 is 2.65 bits per heavy atom. The van der Waals surface area contributed by atoms with Crippen molar-refractivity contribution in [2.45, 2.75) is 6.54 Å². The summed E-state index contributed by atoms with van der Waals surface area (Å²) >= 11 is 0. The number of aromatic nitrogens is 2. The minimum Gasteiger partial charge on any atom is -0.369 e. The first kappa shape index (κ1) is 9.89. The summed E-state index contributed by atoms with van der Waals surface area (Å²) in [5, 5.41) is 3.01. The number of fused-ring (bicyclic) bond motifs is 1. The van der Waals surface area contributed by atoms with Gasteiger partial charge in [-0.2, -0.15) is 0 Å². The van der Waals surface area contributed by atoms with Gasteiger partial charge >= 0.3 is 5.69 Å². The summed E-state index contributed by atoms with van der Waals surface area (Å²) in [5.74, 6) is 0.604. The monoisotopic (exact) mass is 229 g/mol. The van der Waals surface area contributed by atoms with E-state index in [0.717, 1.165) is 0 Å². The van der Waals surface area contributed by atoms with Gasteiger partial charge in [0.2, 0.25) is 0 Å². The van der Waals surface area contributed by atoms with Crippen molar-refractivity contribution in [2.24, 2.45) is 0 Å². The van der Waals surface area contributed by atoms with Gasteiger partial charge in [0, 0.05) is 19.2 Å². The highest BCUT2D eigenvalue weighted by atomic mass is 16.2. The molecule has 0 aliphatic carbocycles. The summed E-state index contributed by atoms with van der Waals surface area (Å²) in [6.07, 6.45) is 0. The van der Waals surface area contributed by atoms with Crippen LogP contribution >= 0.6 is 0 Å². The topological polar surface area (TPSA) is 56.0 Å². The van der Waals surface area contributed by atoms with Crippen molar-refractivity contribution < 1.29 is 0 Å². The third-order valence-electron chi connectivity index (χ3n) is 2.85. The van der Waals surface area contributed by atoms with Crippen LogP contribution in [0.15, 0.2) is 46.0 Å². The molecular weight excluding hydrogens is 218 g/mol. The zero-order valence-electron chi connectivity index (χ0n) is 9.09. The van der Waals surface area contributed by atoms with Gasteiger partial charge in [-0.3, -0.25) is 9.36 Å². The molecule has 0 amide bonds. The lowest BCUT2D eigenvalue weighted by Gasteiger charge is -2.08. The third kappa shape index (κ3) is 1.47. The van der Waals surface area contributed by atoms with Crippen LogP contribution in [-0.4, -0.2) is 15.7 Å². The molecule has 0 spiro atoms. The first-order valence-corrected chi connectivity index (χ1v) is 5.43. The van der Waals surface area contributed by atoms with Gasteiger partial charge in [-0.1, -0.05) is 18.2 Å². The molecule has 2 heterocycles. The fourth-order valence-corrected chi connectivity index (χ4v) is 2.05. The SMILES string of the molecule is O=c1cc2n(c(=O)n1-c1ccccc1)CCN2. The molecule has 0 saturated heterocycles. The Morgan fingerprint density at radius 1 is 1.12 bits per heavy atom. The maximum Gasteiger partial charge on any atom is 0.337 e. The number of para-hydroxylation sites is 1. The maximum absolute atomic E-state index is 12.2. The Labute approximate surface area is 96.9 Å². The summed E-state index contributed by atoms with van der Waals surface area (Å²) in [6.45, 7) is 1.29. The highest BCUT2D eigenvalue weighted by Crippen LogP contribution is 2.08. The predicted molar refractivity (Wildman–Crippen MR) is 64.8 cm³/mol. The minimum atomic E-state index is -0.304. The van der Waals surface area contributed by atoms with Crippen molar-refractivity contribution >= 4 is 5.82 Å². The van der Waals surface area contributed by atoms with Gasteiger partial charge in [0.05, 0.1) is 5.69 Å². The van der Waals surface area contributed by atoms with Crippen LogP contribution in [0.1, 0.15) is 0 Å². The predicted octanol–water partition coefficient (Wildman–Crippen LogP) is 0.425. The molecule has 1 aliphatic rings. The van der Waals surface area contributed by atoms with Crippen LogP contribution in [-0.2, 0) is 6.54 Å². The van der Waals surface area contributed by atoms with Gasteiger partial charge in [-0.05, 0) is 12.1 Å². The molecule has 5 heteroatoms. The third-order valence-corrected chi connectivity index (χ3v) is 2.85. The summed E-state index contributed by atoms with van der Waals surface area (Å²) in [4.78, 5) is 24.1. The first-order valence-electron chi connectivity index (χ1n) is 5.43. The van der Waals surface area contributed by atoms with Crippen molar-refractivity contribution in [2.75, 3.05) is 11.9 Å². The average molecular weight is 229 g/mol. The summed E-state index contributed by atoms with van der Waals surface area (Å²) in [7, 11) is 0. The van der Waals surface area contributed by atoms with Crippen molar-refractivity contribution in [3.63, 3.8) is 0 Å². The van der Waals surface area contributed by atoms with E-state index in [1.807, 2.05) is 6.07 Å². The molecule has 0 bridgehead atoms. The molecule has 0 atom stereocenters. The molecule has 2 aromatic rings. The Morgan fingerprint density at radius 2 is 1.88 bits per heavy atom. The molecular formula is C12H11N3O2. The highest BCUT2D eigenvalue weighted by molar-refractivity contribution is 5.40. The van der Waals surface area contributed by atoms with E-state index in [-0.39, 0.29) is 11.2 Å². The van der Waals surface area contributed by atoms with E-state index in [0.29, 0.717) is 24.6 Å². The molecule has 3 rings (SSSR count). The van der Waals surface area contributed by atoms with Gasteiger partial charge in [0.25, 0.3) is 5.56 Å². The minimum absolute atomic E-state index is 0.288. The summed E-state index contributed by atoms with van der Waals surface area (Å²) in [5.41, 5.74) is 0.00949. The second kappa shape index (κ2) is 3.62. The van der Waals surface area contributed by atoms with E-state index < -0.39 is 0 Å². The van der Waals surface area contributed by atoms with Crippen LogP contribution in [0.2, 0.25) is 0 Å². The number of benzene rings is 1. The molecule has 0 fully saturated rings. The van der Waals surface area contributed by atoms with Crippen molar-refractivity contribution in [1.29, 1.82) is 0 Å². The summed E-state index contributed by atoms with van der Waals surface area (Å²) < 4.78 is 2.77. The number of anilines is 1. The lowest BCUT2D eigenvalue weighted by Crippen LogP contribution is -2.37. The Hall–Kier alpha value is -2.30. The van der Waals surface area contributed by atoms with Crippen molar-refractivity contribution in [1.82, 2.24) is 9.13 Å². The molecule has 1 aromatic carbocycles. The number of hydrogen-bond acceptors (Lipinski definition) is 3. The van der Waals surface area contributed by atoms with Crippen molar-refractivity contribution in [3.8, 4) is 5.69 Å². The molecule has 1 N–H and O–H groups in total. The van der Waals surface area contributed by atoms with E-state index in [4.69, 9.17) is 0 Å². The fourth-order valence-electron chi connectivity index (χ4n) is 2.05. The number of hydrogen-bond donors (Lipinski definition) is 1. The Kier molecular flexibility index (Phi) is 2.11. The molecule has 17 heavy (non-hydrogen) atoms. The van der Waals surface area contributed by atoms with Gasteiger partial charge in [-0.25, -0.2) is 9.36 Å². The van der Waals surface area contributed by atoms with Crippen LogP contribution in [0.4, 0.5) is 5.82 Å². The first-order chi connectivity index (χ1) is 8.27. The van der Waals surface area contributed by atoms with Gasteiger partial charge < -0.3 is 5.32 Å². The molecule has 1 aliphatic heterocycles. The number of rotatable bonds is 1. The van der Waals surface area contributed by atoms with Crippen LogP contribution in [0.5, 0.6) is 0 Å². The van der Waals surface area contributed by atoms with E-state index >= 15 is 0 Å². The average Bonchev–Trinajstić information content (AvgIpc) is 2.78. The normalized spacial score (nSPS) is 13.2. The quantitative estimate of drug-likeness (QED) is 0.771. The molecule has 0 saturated carbocycles. The Balaban J connectivity index is 2.33. The van der Waals surface area contributed by atoms with Crippen LogP contribution < -0.4 is 16.6 Å². The maximum atomic E-state index is 12.2. The second-order valence-corrected chi connectivity index (χ2v) is 3.90. The number of nitrogens with zero attached hydrogens (tertiary/aromatic N) is 2. The highest BCUT2D eigenvalue weighted by Gasteiger charge is 2.15. The molecule has 1 aromatic heterocycles. The lowest BCUT2D eigenvalue weighted by atomic mass is 10.3. The van der Waals surface area contributed by atoms with Gasteiger partial charge in [0.1, 0.15) is 5.82 Å². The van der Waals surface area contributed by atoms with Gasteiger partial charge in [0.15, 0.2) is 0 Å². The zero-order valence-corrected chi connectivity index (χ0v) is 9.09. The van der Waals surface area contributed by atoms with E-state index in [1.165, 1.54) is 10.6 Å². The molecule has 86 valence electrons. The summed E-state index contributed by atoms with van der Waals surface area (Å²) in [6, 6.07) is 10.4. The Bertz CT molecular complexity index is 670. The van der Waals surface area contributed by atoms with Gasteiger partial charge in [-0.15, -0.1) is 0 Å². The van der Waals surface area contributed by atoms with Crippen LogP contribution in [0.3, 0.4) is 0 Å². The fraction of sp³-hybridized carbons (Fsp3) is 0.167. The van der Waals surface area contributed by atoms with E-state index in [2.05, 4.69) is 5.32 Å². The molecule has 0 radical (unpaired) electrons. The molecule has 5 nitrogen and oxygen atoms in total. The second-order valence-electron chi connectivity index (χ2n) is 3.90. The zero-order chi connectivity index (χ0) is 11.8. The molecule has 0 unspecified atom stereocenters. The van der Waals surface area contributed by atoms with Crippen molar-refractivity contribution in [3.05, 3.63) is 57.2 Å².